The summed E-state index contributed by atoms with van der Waals surface area (Å²) in [5, 5.41) is 5.54. The summed E-state index contributed by atoms with van der Waals surface area (Å²) in [6, 6.07) is 11.8. The van der Waals surface area contributed by atoms with E-state index in [9.17, 15) is 14.4 Å². The molecule has 1 aliphatic heterocycles. The van der Waals surface area contributed by atoms with Crippen LogP contribution < -0.4 is 5.32 Å². The van der Waals surface area contributed by atoms with Crippen LogP contribution in [0.1, 0.15) is 16.9 Å². The van der Waals surface area contributed by atoms with Gasteiger partial charge in [0.2, 0.25) is 5.91 Å². The average Bonchev–Trinajstić information content (AvgIpc) is 3.43. The number of rotatable bonds is 7. The number of nitrogens with zero attached hydrogens (tertiary/aromatic N) is 1. The zero-order chi connectivity index (χ0) is 20.2. The van der Waals surface area contributed by atoms with Gasteiger partial charge in [-0.1, -0.05) is 24.3 Å². The highest BCUT2D eigenvalue weighted by atomic mass is 32.2. The monoisotopic (exact) mass is 425 g/mol. The van der Waals surface area contributed by atoms with Crippen molar-refractivity contribution < 1.29 is 14.4 Å². The van der Waals surface area contributed by atoms with E-state index in [0.717, 1.165) is 33.1 Å². The van der Waals surface area contributed by atoms with E-state index in [0.29, 0.717) is 17.7 Å². The molecule has 1 aliphatic rings. The third-order valence-electron chi connectivity index (χ3n) is 4.64. The number of thiophene rings is 1. The lowest BCUT2D eigenvalue weighted by Crippen LogP contribution is -2.37. The Balaban J connectivity index is 1.26. The molecule has 0 aliphatic carbocycles. The second-order valence-electron chi connectivity index (χ2n) is 6.56. The molecule has 0 bridgehead atoms. The summed E-state index contributed by atoms with van der Waals surface area (Å²) in [5.41, 5.74) is 2.15. The lowest BCUT2D eigenvalue weighted by Gasteiger charge is -2.12. The number of aryl methyl sites for hydroxylation is 1. The summed E-state index contributed by atoms with van der Waals surface area (Å²) in [4.78, 5) is 42.4. The molecule has 6 nitrogen and oxygen atoms in total. The minimum Gasteiger partial charge on any atom is -0.361 e. The molecule has 4 rings (SSSR count). The Bertz CT molecular complexity index is 1090. The third kappa shape index (κ3) is 4.44. The fourth-order valence-electron chi connectivity index (χ4n) is 3.18. The number of nitrogens with one attached hydrogen (secondary N) is 2. The summed E-state index contributed by atoms with van der Waals surface area (Å²) in [7, 11) is 0. The SMILES string of the molecule is O=C(CCc1c[nH]c2ccccc12)NCCN1C(=O)S/C(=C\c2cccs2)C1=O. The Morgan fingerprint density at radius 3 is 2.86 bits per heavy atom. The molecule has 1 saturated heterocycles. The van der Waals surface area contributed by atoms with E-state index in [1.807, 2.05) is 48.0 Å². The number of imide groups is 1. The van der Waals surface area contributed by atoms with Crippen molar-refractivity contribution >= 4 is 57.1 Å². The van der Waals surface area contributed by atoms with Crippen LogP contribution in [0.2, 0.25) is 0 Å². The normalized spacial score (nSPS) is 15.6. The standard InChI is InChI=1S/C21H19N3O3S2/c25-19(8-7-14-13-23-17-6-2-1-5-16(14)17)22-9-10-24-20(26)18(29-21(24)27)12-15-4-3-11-28-15/h1-6,11-13,23H,7-10H2,(H,22,25)/b18-12-. The predicted octanol–water partition coefficient (Wildman–Crippen LogP) is 4.01. The Hall–Kier alpha value is -2.84. The maximum absolute atomic E-state index is 12.4. The van der Waals surface area contributed by atoms with Gasteiger partial charge in [0.05, 0.1) is 4.91 Å². The van der Waals surface area contributed by atoms with Gasteiger partial charge in [0.15, 0.2) is 0 Å². The summed E-state index contributed by atoms with van der Waals surface area (Å²) in [6.07, 6.45) is 4.64. The first-order valence-corrected chi connectivity index (χ1v) is 10.9. The van der Waals surface area contributed by atoms with Crippen LogP contribution in [0.25, 0.3) is 17.0 Å². The summed E-state index contributed by atoms with van der Waals surface area (Å²) in [6.45, 7) is 0.419. The number of fused-ring (bicyclic) bond motifs is 1. The number of aromatic nitrogens is 1. The van der Waals surface area contributed by atoms with Crippen LogP contribution in [-0.4, -0.2) is 40.0 Å². The van der Waals surface area contributed by atoms with Crippen molar-refractivity contribution in [1.82, 2.24) is 15.2 Å². The van der Waals surface area contributed by atoms with Crippen LogP contribution in [0.3, 0.4) is 0 Å². The molecule has 3 amide bonds. The first-order chi connectivity index (χ1) is 14.1. The van der Waals surface area contributed by atoms with Gasteiger partial charge in [-0.15, -0.1) is 11.3 Å². The molecular formula is C21H19N3O3S2. The number of hydrogen-bond acceptors (Lipinski definition) is 5. The third-order valence-corrected chi connectivity index (χ3v) is 6.37. The van der Waals surface area contributed by atoms with E-state index in [1.165, 1.54) is 16.2 Å². The van der Waals surface area contributed by atoms with E-state index in [1.54, 1.807) is 6.08 Å². The van der Waals surface area contributed by atoms with E-state index in [2.05, 4.69) is 10.3 Å². The number of para-hydroxylation sites is 1. The second-order valence-corrected chi connectivity index (χ2v) is 8.53. The van der Waals surface area contributed by atoms with Crippen LogP contribution in [0.5, 0.6) is 0 Å². The molecule has 1 aromatic carbocycles. The molecule has 3 aromatic rings. The van der Waals surface area contributed by atoms with E-state index < -0.39 is 0 Å². The van der Waals surface area contributed by atoms with Gasteiger partial charge in [0, 0.05) is 41.5 Å². The number of thioether (sulfide) groups is 1. The highest BCUT2D eigenvalue weighted by Gasteiger charge is 2.34. The van der Waals surface area contributed by atoms with Crippen molar-refractivity contribution in [2.24, 2.45) is 0 Å². The molecule has 0 unspecified atom stereocenters. The molecule has 148 valence electrons. The summed E-state index contributed by atoms with van der Waals surface area (Å²) in [5.74, 6) is -0.405. The van der Waals surface area contributed by atoms with Crippen LogP contribution in [0.15, 0.2) is 52.9 Å². The van der Waals surface area contributed by atoms with Gasteiger partial charge >= 0.3 is 0 Å². The minimum atomic E-state index is -0.304. The van der Waals surface area contributed by atoms with Gasteiger partial charge < -0.3 is 10.3 Å². The van der Waals surface area contributed by atoms with E-state index >= 15 is 0 Å². The van der Waals surface area contributed by atoms with Crippen molar-refractivity contribution in [3.63, 3.8) is 0 Å². The largest absolute Gasteiger partial charge is 0.361 e. The van der Waals surface area contributed by atoms with Crippen LogP contribution in [0.4, 0.5) is 4.79 Å². The summed E-state index contributed by atoms with van der Waals surface area (Å²) < 4.78 is 0. The predicted molar refractivity (Wildman–Crippen MR) is 117 cm³/mol. The molecule has 0 spiro atoms. The number of H-pyrrole nitrogens is 1. The van der Waals surface area contributed by atoms with Crippen molar-refractivity contribution in [2.45, 2.75) is 12.8 Å². The molecule has 1 fully saturated rings. The van der Waals surface area contributed by atoms with Crippen molar-refractivity contribution in [2.75, 3.05) is 13.1 Å². The van der Waals surface area contributed by atoms with Gasteiger partial charge in [-0.25, -0.2) is 0 Å². The molecule has 2 aromatic heterocycles. The fraction of sp³-hybridized carbons (Fsp3) is 0.190. The molecule has 0 saturated carbocycles. The molecule has 0 radical (unpaired) electrons. The second kappa shape index (κ2) is 8.67. The molecule has 0 atom stereocenters. The van der Waals surface area contributed by atoms with Crippen molar-refractivity contribution in [3.05, 3.63) is 63.3 Å². The Morgan fingerprint density at radius 1 is 1.17 bits per heavy atom. The Kier molecular flexibility index (Phi) is 5.82. The number of carbonyl (C=O) groups is 3. The highest BCUT2D eigenvalue weighted by Crippen LogP contribution is 2.32. The number of amides is 3. The number of hydrogen-bond donors (Lipinski definition) is 2. The highest BCUT2D eigenvalue weighted by molar-refractivity contribution is 8.18. The number of aromatic amines is 1. The van der Waals surface area contributed by atoms with E-state index in [-0.39, 0.29) is 30.1 Å². The zero-order valence-corrected chi connectivity index (χ0v) is 17.1. The Labute approximate surface area is 176 Å². The Morgan fingerprint density at radius 2 is 2.03 bits per heavy atom. The van der Waals surface area contributed by atoms with Crippen molar-refractivity contribution in [3.8, 4) is 0 Å². The fourth-order valence-corrected chi connectivity index (χ4v) is 4.77. The molecule has 2 N–H and O–H groups in total. The number of benzene rings is 1. The maximum atomic E-state index is 12.4. The topological polar surface area (TPSA) is 82.3 Å². The lowest BCUT2D eigenvalue weighted by molar-refractivity contribution is -0.124. The minimum absolute atomic E-state index is 0.101. The molecular weight excluding hydrogens is 406 g/mol. The van der Waals surface area contributed by atoms with Crippen LogP contribution in [0, 0.1) is 0 Å². The number of carbonyl (C=O) groups excluding carboxylic acids is 3. The quantitative estimate of drug-likeness (QED) is 0.560. The molecule has 3 heterocycles. The van der Waals surface area contributed by atoms with Gasteiger partial charge in [-0.05, 0) is 47.3 Å². The molecule has 8 heteroatoms. The van der Waals surface area contributed by atoms with Gasteiger partial charge in [-0.3, -0.25) is 19.3 Å². The molecule has 29 heavy (non-hydrogen) atoms. The summed E-state index contributed by atoms with van der Waals surface area (Å²) >= 11 is 2.45. The van der Waals surface area contributed by atoms with E-state index in [4.69, 9.17) is 0 Å². The van der Waals surface area contributed by atoms with Crippen LogP contribution in [-0.2, 0) is 16.0 Å². The van der Waals surface area contributed by atoms with Gasteiger partial charge in [-0.2, -0.15) is 0 Å². The first-order valence-electron chi connectivity index (χ1n) is 9.22. The van der Waals surface area contributed by atoms with Gasteiger partial charge in [0.1, 0.15) is 0 Å². The van der Waals surface area contributed by atoms with Crippen LogP contribution >= 0.6 is 23.1 Å². The average molecular weight is 426 g/mol. The zero-order valence-electron chi connectivity index (χ0n) is 15.5. The lowest BCUT2D eigenvalue weighted by atomic mass is 10.1. The smallest absolute Gasteiger partial charge is 0.293 e. The maximum Gasteiger partial charge on any atom is 0.293 e. The first kappa shape index (κ1) is 19.5. The van der Waals surface area contributed by atoms with Gasteiger partial charge in [0.25, 0.3) is 11.1 Å². The van der Waals surface area contributed by atoms with Crippen molar-refractivity contribution in [1.29, 1.82) is 0 Å².